The number of nitrogens with two attached hydrogens (primary N) is 1. The van der Waals surface area contributed by atoms with Gasteiger partial charge in [0.2, 0.25) is 0 Å². The van der Waals surface area contributed by atoms with Gasteiger partial charge in [-0.2, -0.15) is 4.31 Å². The van der Waals surface area contributed by atoms with E-state index in [9.17, 15) is 13.2 Å². The summed E-state index contributed by atoms with van der Waals surface area (Å²) in [7, 11) is -3.50. The number of likely N-dealkylation sites (tertiary alicyclic amines) is 1. The Bertz CT molecular complexity index is 743. The van der Waals surface area contributed by atoms with Crippen molar-refractivity contribution < 1.29 is 13.2 Å². The Morgan fingerprint density at radius 1 is 1.19 bits per heavy atom. The van der Waals surface area contributed by atoms with Crippen LogP contribution in [0.2, 0.25) is 0 Å². The van der Waals surface area contributed by atoms with Crippen molar-refractivity contribution in [3.8, 4) is 0 Å². The molecule has 1 aromatic rings. The highest BCUT2D eigenvalue weighted by atomic mass is 35.5. The van der Waals surface area contributed by atoms with Gasteiger partial charge in [-0.15, -0.1) is 23.7 Å². The first-order valence-corrected chi connectivity index (χ1v) is 11.7. The molecule has 0 spiro atoms. The molecule has 2 atom stereocenters. The van der Waals surface area contributed by atoms with Gasteiger partial charge in [0.15, 0.2) is 0 Å². The quantitative estimate of drug-likeness (QED) is 0.787. The van der Waals surface area contributed by atoms with Crippen LogP contribution in [0.3, 0.4) is 0 Å². The lowest BCUT2D eigenvalue weighted by atomic mass is 9.97. The number of carbonyl (C=O) groups excluding carboxylic acids is 1. The minimum atomic E-state index is -3.50. The minimum absolute atomic E-state index is 0. The predicted molar refractivity (Wildman–Crippen MR) is 111 cm³/mol. The number of carbonyl (C=O) groups is 1. The maximum absolute atomic E-state index is 12.9. The molecule has 3 rings (SSSR count). The molecule has 0 aromatic carbocycles. The topological polar surface area (TPSA) is 83.7 Å². The molecular weight excluding hydrogens is 406 g/mol. The molecule has 1 amide bonds. The fraction of sp³-hybridized carbons (Fsp3) is 0.722. The average molecular weight is 436 g/mol. The van der Waals surface area contributed by atoms with Crippen molar-refractivity contribution in [2.75, 3.05) is 19.6 Å². The number of halogens is 1. The summed E-state index contributed by atoms with van der Waals surface area (Å²) in [6.45, 7) is 5.89. The van der Waals surface area contributed by atoms with E-state index in [0.717, 1.165) is 43.4 Å². The van der Waals surface area contributed by atoms with Crippen molar-refractivity contribution in [2.45, 2.75) is 62.2 Å². The number of hydrogen-bond donors (Lipinski definition) is 1. The van der Waals surface area contributed by atoms with E-state index < -0.39 is 10.0 Å². The number of rotatable bonds is 4. The van der Waals surface area contributed by atoms with Crippen LogP contribution in [-0.2, 0) is 10.0 Å². The van der Waals surface area contributed by atoms with Gasteiger partial charge in [-0.3, -0.25) is 4.79 Å². The molecule has 1 aromatic heterocycles. The molecule has 0 bridgehead atoms. The molecule has 2 N–H and O–H groups in total. The van der Waals surface area contributed by atoms with Crippen molar-refractivity contribution in [3.63, 3.8) is 0 Å². The smallest absolute Gasteiger partial charge is 0.264 e. The summed E-state index contributed by atoms with van der Waals surface area (Å²) >= 11 is 1.09. The Balaban J connectivity index is 0.00000261. The number of hydrogen-bond acceptors (Lipinski definition) is 5. The molecule has 2 saturated heterocycles. The first kappa shape index (κ1) is 22.6. The first-order chi connectivity index (χ1) is 12.3. The molecule has 2 aliphatic heterocycles. The van der Waals surface area contributed by atoms with E-state index in [0.29, 0.717) is 30.4 Å². The predicted octanol–water partition coefficient (Wildman–Crippen LogP) is 2.93. The monoisotopic (exact) mass is 435 g/mol. The summed E-state index contributed by atoms with van der Waals surface area (Å²) in [5, 5.41) is 0. The maximum atomic E-state index is 12.9. The normalized spacial score (nSPS) is 23.7. The van der Waals surface area contributed by atoms with Crippen LogP contribution in [0.1, 0.15) is 55.6 Å². The molecule has 9 heteroatoms. The second-order valence-electron chi connectivity index (χ2n) is 7.63. The molecule has 27 heavy (non-hydrogen) atoms. The van der Waals surface area contributed by atoms with Gasteiger partial charge in [0.25, 0.3) is 15.9 Å². The lowest BCUT2D eigenvalue weighted by Crippen LogP contribution is -2.51. The van der Waals surface area contributed by atoms with Crippen LogP contribution < -0.4 is 5.73 Å². The number of nitrogens with zero attached hydrogens (tertiary/aromatic N) is 2. The van der Waals surface area contributed by atoms with Crippen LogP contribution in [0.4, 0.5) is 0 Å². The van der Waals surface area contributed by atoms with E-state index in [4.69, 9.17) is 5.73 Å². The van der Waals surface area contributed by atoms with Gasteiger partial charge in [0.1, 0.15) is 4.21 Å². The Hall–Kier alpha value is -0.670. The third kappa shape index (κ3) is 4.85. The number of amides is 1. The van der Waals surface area contributed by atoms with Gasteiger partial charge in [0, 0.05) is 31.7 Å². The maximum Gasteiger partial charge on any atom is 0.264 e. The molecule has 3 heterocycles. The van der Waals surface area contributed by atoms with Crippen LogP contribution >= 0.6 is 23.7 Å². The molecular formula is C18H30ClN3O3S2. The summed E-state index contributed by atoms with van der Waals surface area (Å²) in [5.41, 5.74) is 6.06. The van der Waals surface area contributed by atoms with Crippen LogP contribution in [0.25, 0.3) is 0 Å². The fourth-order valence-corrected chi connectivity index (χ4v) is 6.71. The van der Waals surface area contributed by atoms with Crippen molar-refractivity contribution in [1.82, 2.24) is 9.21 Å². The van der Waals surface area contributed by atoms with Gasteiger partial charge < -0.3 is 10.6 Å². The number of piperidine rings is 2. The zero-order valence-electron chi connectivity index (χ0n) is 16.0. The van der Waals surface area contributed by atoms with Crippen LogP contribution in [0.5, 0.6) is 0 Å². The fourth-order valence-electron chi connectivity index (χ4n) is 3.82. The lowest BCUT2D eigenvalue weighted by molar-refractivity contribution is 0.0589. The molecule has 2 unspecified atom stereocenters. The molecule has 0 saturated carbocycles. The summed E-state index contributed by atoms with van der Waals surface area (Å²) in [6, 6.07) is 3.18. The van der Waals surface area contributed by atoms with Crippen molar-refractivity contribution in [1.29, 1.82) is 0 Å². The van der Waals surface area contributed by atoms with Gasteiger partial charge in [0.05, 0.1) is 4.88 Å². The summed E-state index contributed by atoms with van der Waals surface area (Å²) < 4.78 is 27.6. The molecule has 0 radical (unpaired) electrons. The van der Waals surface area contributed by atoms with Gasteiger partial charge >= 0.3 is 0 Å². The van der Waals surface area contributed by atoms with Crippen LogP contribution in [0.15, 0.2) is 16.3 Å². The van der Waals surface area contributed by atoms with Gasteiger partial charge in [-0.25, -0.2) is 8.42 Å². The summed E-state index contributed by atoms with van der Waals surface area (Å²) in [6.07, 6.45) is 4.73. The summed E-state index contributed by atoms with van der Waals surface area (Å²) in [4.78, 5) is 15.3. The van der Waals surface area contributed by atoms with E-state index in [1.165, 1.54) is 0 Å². The highest BCUT2D eigenvalue weighted by molar-refractivity contribution is 7.91. The van der Waals surface area contributed by atoms with E-state index in [1.807, 2.05) is 11.8 Å². The molecule has 2 aliphatic rings. The van der Waals surface area contributed by atoms with Crippen molar-refractivity contribution in [3.05, 3.63) is 17.0 Å². The minimum Gasteiger partial charge on any atom is -0.333 e. The first-order valence-electron chi connectivity index (χ1n) is 9.47. The van der Waals surface area contributed by atoms with E-state index in [2.05, 4.69) is 6.92 Å². The zero-order chi connectivity index (χ0) is 18.9. The SMILES string of the molecule is CC1CCN(S(=O)(=O)c2ccc(C(=O)N3CCCCC3C(C)N)s2)CC1.Cl. The Kier molecular flexibility index (Phi) is 7.72. The van der Waals surface area contributed by atoms with Crippen LogP contribution in [-0.4, -0.2) is 55.2 Å². The molecule has 0 aliphatic carbocycles. The van der Waals surface area contributed by atoms with Gasteiger partial charge in [-0.05, 0) is 57.1 Å². The number of thiophene rings is 1. The third-order valence-corrected chi connectivity index (χ3v) is 8.99. The Morgan fingerprint density at radius 2 is 1.85 bits per heavy atom. The van der Waals surface area contributed by atoms with Gasteiger partial charge in [-0.1, -0.05) is 6.92 Å². The van der Waals surface area contributed by atoms with Crippen molar-refractivity contribution in [2.24, 2.45) is 11.7 Å². The Morgan fingerprint density at radius 3 is 2.48 bits per heavy atom. The third-order valence-electron chi connectivity index (χ3n) is 5.55. The Labute approximate surface area is 172 Å². The second-order valence-corrected chi connectivity index (χ2v) is 10.9. The highest BCUT2D eigenvalue weighted by Crippen LogP contribution is 2.30. The largest absolute Gasteiger partial charge is 0.333 e. The second kappa shape index (κ2) is 9.22. The molecule has 2 fully saturated rings. The molecule has 6 nitrogen and oxygen atoms in total. The summed E-state index contributed by atoms with van der Waals surface area (Å²) in [5.74, 6) is 0.474. The zero-order valence-corrected chi connectivity index (χ0v) is 18.4. The molecule has 154 valence electrons. The van der Waals surface area contributed by atoms with E-state index >= 15 is 0 Å². The van der Waals surface area contributed by atoms with E-state index in [-0.39, 0.29) is 34.6 Å². The van der Waals surface area contributed by atoms with Crippen molar-refractivity contribution >= 4 is 39.7 Å². The highest BCUT2D eigenvalue weighted by Gasteiger charge is 2.33. The number of sulfonamides is 1. The van der Waals surface area contributed by atoms with E-state index in [1.54, 1.807) is 16.4 Å². The lowest BCUT2D eigenvalue weighted by Gasteiger charge is -2.37. The van der Waals surface area contributed by atoms with Crippen LogP contribution in [0, 0.1) is 5.92 Å². The standard InChI is InChI=1S/C18H29N3O3S2.ClH/c1-13-8-11-20(12-9-13)26(23,24)17-7-6-16(25-17)18(22)21-10-4-3-5-15(21)14(2)19;/h6-7,13-15H,3-5,8-12,19H2,1-2H3;1H. The average Bonchev–Trinajstić information content (AvgIpc) is 3.12.